The van der Waals surface area contributed by atoms with Crippen LogP contribution in [0.5, 0.6) is 11.5 Å². The normalized spacial score (nSPS) is 21.6. The van der Waals surface area contributed by atoms with Gasteiger partial charge in [-0.25, -0.2) is 0 Å². The van der Waals surface area contributed by atoms with E-state index in [0.29, 0.717) is 16.9 Å². The topological polar surface area (TPSA) is 47.6 Å². The Kier molecular flexibility index (Phi) is 5.91. The lowest BCUT2D eigenvalue weighted by atomic mass is 9.71. The smallest absolute Gasteiger partial charge is 0.258 e. The van der Waals surface area contributed by atoms with Crippen LogP contribution in [0, 0.1) is 11.3 Å². The van der Waals surface area contributed by atoms with Crippen molar-refractivity contribution >= 4 is 5.91 Å². The molecule has 0 unspecified atom stereocenters. The quantitative estimate of drug-likeness (QED) is 0.898. The molecule has 4 heteroatoms. The van der Waals surface area contributed by atoms with Gasteiger partial charge in [0.1, 0.15) is 0 Å². The van der Waals surface area contributed by atoms with Gasteiger partial charge in [-0.2, -0.15) is 0 Å². The van der Waals surface area contributed by atoms with Crippen LogP contribution in [0.15, 0.2) is 24.3 Å². The minimum absolute atomic E-state index is 0.0274. The highest BCUT2D eigenvalue weighted by Gasteiger charge is 2.30. The number of carbonyl (C=O) groups excluding carboxylic acids is 1. The highest BCUT2D eigenvalue weighted by Crippen LogP contribution is 2.37. The van der Waals surface area contributed by atoms with E-state index in [2.05, 4.69) is 26.1 Å². The summed E-state index contributed by atoms with van der Waals surface area (Å²) >= 11 is 0. The molecule has 0 aliphatic heterocycles. The van der Waals surface area contributed by atoms with Crippen LogP contribution in [0.1, 0.15) is 46.5 Å². The van der Waals surface area contributed by atoms with Gasteiger partial charge in [0.15, 0.2) is 18.1 Å². The van der Waals surface area contributed by atoms with E-state index in [1.807, 2.05) is 18.2 Å². The minimum Gasteiger partial charge on any atom is -0.493 e. The molecular weight excluding hydrogens is 290 g/mol. The van der Waals surface area contributed by atoms with Crippen LogP contribution in [-0.2, 0) is 4.79 Å². The second-order valence-electron chi connectivity index (χ2n) is 7.42. The van der Waals surface area contributed by atoms with Gasteiger partial charge in [0, 0.05) is 6.04 Å². The Hall–Kier alpha value is -1.71. The molecule has 1 amide bonds. The predicted molar refractivity (Wildman–Crippen MR) is 91.8 cm³/mol. The van der Waals surface area contributed by atoms with E-state index in [1.165, 1.54) is 12.8 Å². The van der Waals surface area contributed by atoms with Gasteiger partial charge in [-0.3, -0.25) is 4.79 Å². The molecule has 0 atom stereocenters. The van der Waals surface area contributed by atoms with Gasteiger partial charge in [-0.05, 0) is 49.1 Å². The molecule has 1 aliphatic carbocycles. The van der Waals surface area contributed by atoms with Crippen LogP contribution in [0.2, 0.25) is 0 Å². The average molecular weight is 319 g/mol. The summed E-state index contributed by atoms with van der Waals surface area (Å²) in [6.45, 7) is 6.94. The van der Waals surface area contributed by atoms with Gasteiger partial charge in [0.25, 0.3) is 5.91 Å². The van der Waals surface area contributed by atoms with Crippen molar-refractivity contribution in [3.05, 3.63) is 24.3 Å². The molecule has 23 heavy (non-hydrogen) atoms. The van der Waals surface area contributed by atoms with Gasteiger partial charge in [-0.15, -0.1) is 0 Å². The Morgan fingerprint density at radius 1 is 1.13 bits per heavy atom. The first-order valence-electron chi connectivity index (χ1n) is 8.45. The van der Waals surface area contributed by atoms with Crippen LogP contribution in [0.4, 0.5) is 0 Å². The van der Waals surface area contributed by atoms with E-state index in [9.17, 15) is 4.79 Å². The molecule has 1 saturated carbocycles. The Bertz CT molecular complexity index is 514. The van der Waals surface area contributed by atoms with Gasteiger partial charge in [0.05, 0.1) is 7.11 Å². The lowest BCUT2D eigenvalue weighted by Gasteiger charge is -2.37. The molecule has 0 spiro atoms. The summed E-state index contributed by atoms with van der Waals surface area (Å²) in [5, 5.41) is 3.09. The van der Waals surface area contributed by atoms with E-state index in [0.717, 1.165) is 18.8 Å². The molecule has 0 aromatic heterocycles. The zero-order chi connectivity index (χ0) is 16.9. The van der Waals surface area contributed by atoms with Gasteiger partial charge >= 0.3 is 0 Å². The van der Waals surface area contributed by atoms with Crippen LogP contribution in [0.25, 0.3) is 0 Å². The van der Waals surface area contributed by atoms with Crippen LogP contribution >= 0.6 is 0 Å². The summed E-state index contributed by atoms with van der Waals surface area (Å²) in [5.74, 6) is 1.93. The van der Waals surface area contributed by atoms with E-state index in [1.54, 1.807) is 13.2 Å². The van der Waals surface area contributed by atoms with Crippen molar-refractivity contribution in [2.24, 2.45) is 11.3 Å². The fraction of sp³-hybridized carbons (Fsp3) is 0.632. The molecule has 1 aromatic carbocycles. The number of hydrogen-bond donors (Lipinski definition) is 1. The summed E-state index contributed by atoms with van der Waals surface area (Å²) in [6.07, 6.45) is 4.48. The Labute approximate surface area is 139 Å². The number of nitrogens with one attached hydrogen (secondary N) is 1. The predicted octanol–water partition coefficient (Wildman–Crippen LogP) is 3.80. The van der Waals surface area contributed by atoms with Crippen molar-refractivity contribution in [3.8, 4) is 11.5 Å². The van der Waals surface area contributed by atoms with Crippen molar-refractivity contribution in [2.45, 2.75) is 52.5 Å². The summed E-state index contributed by atoms with van der Waals surface area (Å²) in [6, 6.07) is 7.65. The number of para-hydroxylation sites is 2. The Morgan fingerprint density at radius 3 is 2.30 bits per heavy atom. The largest absolute Gasteiger partial charge is 0.493 e. The highest BCUT2D eigenvalue weighted by molar-refractivity contribution is 5.77. The maximum Gasteiger partial charge on any atom is 0.258 e. The molecule has 4 nitrogen and oxygen atoms in total. The number of benzene rings is 1. The Balaban J connectivity index is 1.76. The first-order valence-corrected chi connectivity index (χ1v) is 8.45. The second kappa shape index (κ2) is 7.71. The van der Waals surface area contributed by atoms with Gasteiger partial charge < -0.3 is 14.8 Å². The maximum atomic E-state index is 12.1. The number of amides is 1. The molecule has 0 heterocycles. The van der Waals surface area contributed by atoms with Crippen LogP contribution in [0.3, 0.4) is 0 Å². The highest BCUT2D eigenvalue weighted by atomic mass is 16.5. The zero-order valence-electron chi connectivity index (χ0n) is 14.7. The van der Waals surface area contributed by atoms with E-state index in [-0.39, 0.29) is 18.6 Å². The lowest BCUT2D eigenvalue weighted by Crippen LogP contribution is -2.41. The van der Waals surface area contributed by atoms with Crippen molar-refractivity contribution in [1.82, 2.24) is 5.32 Å². The molecule has 1 fully saturated rings. The summed E-state index contributed by atoms with van der Waals surface area (Å²) in [7, 11) is 1.59. The molecule has 0 radical (unpaired) electrons. The molecule has 1 N–H and O–H groups in total. The van der Waals surface area contributed by atoms with Crippen molar-refractivity contribution in [2.75, 3.05) is 13.7 Å². The van der Waals surface area contributed by atoms with Gasteiger partial charge in [-0.1, -0.05) is 32.9 Å². The molecule has 2 rings (SSSR count). The minimum atomic E-state index is -0.0601. The number of hydrogen-bond acceptors (Lipinski definition) is 3. The van der Waals surface area contributed by atoms with E-state index < -0.39 is 0 Å². The fourth-order valence-electron chi connectivity index (χ4n) is 3.25. The average Bonchev–Trinajstić information content (AvgIpc) is 2.53. The third-order valence-corrected chi connectivity index (χ3v) is 4.74. The van der Waals surface area contributed by atoms with Gasteiger partial charge in [0.2, 0.25) is 0 Å². The maximum absolute atomic E-state index is 12.1. The summed E-state index contributed by atoms with van der Waals surface area (Å²) in [5.41, 5.74) is 0.363. The van der Waals surface area contributed by atoms with E-state index >= 15 is 0 Å². The van der Waals surface area contributed by atoms with Crippen molar-refractivity contribution < 1.29 is 14.3 Å². The standard InChI is InChI=1S/C19H29NO3/c1-19(2,3)14-9-11-15(12-10-14)20-18(21)13-23-17-8-6-5-7-16(17)22-4/h5-8,14-15H,9-13H2,1-4H3,(H,20,21). The molecule has 1 aliphatic rings. The molecule has 1 aromatic rings. The SMILES string of the molecule is COc1ccccc1OCC(=O)NC1CCC(C(C)(C)C)CC1. The molecule has 128 valence electrons. The van der Waals surface area contributed by atoms with Crippen LogP contribution in [-0.4, -0.2) is 25.7 Å². The van der Waals surface area contributed by atoms with Crippen molar-refractivity contribution in [3.63, 3.8) is 0 Å². The summed E-state index contributed by atoms with van der Waals surface area (Å²) < 4.78 is 10.8. The Morgan fingerprint density at radius 2 is 1.74 bits per heavy atom. The number of methoxy groups -OCH3 is 1. The van der Waals surface area contributed by atoms with E-state index in [4.69, 9.17) is 9.47 Å². The zero-order valence-corrected chi connectivity index (χ0v) is 14.7. The lowest BCUT2D eigenvalue weighted by molar-refractivity contribution is -0.124. The monoisotopic (exact) mass is 319 g/mol. The van der Waals surface area contributed by atoms with Crippen molar-refractivity contribution in [1.29, 1.82) is 0 Å². The second-order valence-corrected chi connectivity index (χ2v) is 7.42. The summed E-state index contributed by atoms with van der Waals surface area (Å²) in [4.78, 5) is 12.1. The fourth-order valence-corrected chi connectivity index (χ4v) is 3.25. The number of ether oxygens (including phenoxy) is 2. The molecular formula is C19H29NO3. The molecule has 0 saturated heterocycles. The third-order valence-electron chi connectivity index (χ3n) is 4.74. The molecule has 0 bridgehead atoms. The first-order chi connectivity index (χ1) is 10.9. The number of carbonyl (C=O) groups is 1. The number of rotatable bonds is 5. The first kappa shape index (κ1) is 17.6. The van der Waals surface area contributed by atoms with Crippen LogP contribution < -0.4 is 14.8 Å². The third kappa shape index (κ3) is 5.15.